The van der Waals surface area contributed by atoms with Crippen LogP contribution in [0, 0.1) is 6.92 Å². The zero-order valence-electron chi connectivity index (χ0n) is 16.5. The molecule has 2 aromatic carbocycles. The van der Waals surface area contributed by atoms with E-state index in [9.17, 15) is 4.79 Å². The maximum atomic E-state index is 13.4. The van der Waals surface area contributed by atoms with Gasteiger partial charge in [0.15, 0.2) is 0 Å². The Kier molecular flexibility index (Phi) is 5.26. The van der Waals surface area contributed by atoms with Crippen LogP contribution in [0.15, 0.2) is 60.8 Å². The van der Waals surface area contributed by atoms with Gasteiger partial charge < -0.3 is 9.80 Å². The molecule has 2 heterocycles. The van der Waals surface area contributed by atoms with E-state index in [0.717, 1.165) is 49.7 Å². The Bertz CT molecular complexity index is 938. The van der Waals surface area contributed by atoms with E-state index in [-0.39, 0.29) is 5.91 Å². The highest BCUT2D eigenvalue weighted by molar-refractivity contribution is 6.00. The topological polar surface area (TPSA) is 41.4 Å². The van der Waals surface area contributed by atoms with Gasteiger partial charge in [0, 0.05) is 37.9 Å². The fourth-order valence-electron chi connectivity index (χ4n) is 3.61. The third-order valence-electron chi connectivity index (χ3n) is 5.40. The Hall–Kier alpha value is -2.92. The normalized spacial score (nSPS) is 15.0. The van der Waals surface area contributed by atoms with Gasteiger partial charge >= 0.3 is 0 Å². The van der Waals surface area contributed by atoms with Crippen molar-refractivity contribution in [2.24, 2.45) is 0 Å². The van der Waals surface area contributed by atoms with Gasteiger partial charge in [0.1, 0.15) is 5.69 Å². The molecule has 144 valence electrons. The molecule has 0 atom stereocenters. The minimum Gasteiger partial charge on any atom is -0.336 e. The molecule has 0 bridgehead atoms. The van der Waals surface area contributed by atoms with Crippen molar-refractivity contribution in [1.82, 2.24) is 19.6 Å². The van der Waals surface area contributed by atoms with E-state index < -0.39 is 0 Å². The molecule has 0 unspecified atom stereocenters. The summed E-state index contributed by atoms with van der Waals surface area (Å²) in [6.45, 7) is 8.63. The smallest absolute Gasteiger partial charge is 0.257 e. The van der Waals surface area contributed by atoms with Crippen LogP contribution in [0.4, 0.5) is 0 Å². The van der Waals surface area contributed by atoms with Gasteiger partial charge in [0.05, 0.1) is 11.3 Å². The zero-order valence-corrected chi connectivity index (χ0v) is 16.5. The summed E-state index contributed by atoms with van der Waals surface area (Å²) in [5, 5.41) is 4.79. The number of benzene rings is 2. The van der Waals surface area contributed by atoms with Crippen molar-refractivity contribution in [2.45, 2.75) is 13.8 Å². The Morgan fingerprint density at radius 1 is 0.964 bits per heavy atom. The maximum absolute atomic E-state index is 13.4. The average molecular weight is 374 g/mol. The summed E-state index contributed by atoms with van der Waals surface area (Å²) in [6.07, 6.45) is 1.87. The Labute approximate surface area is 166 Å². The molecule has 0 radical (unpaired) electrons. The molecule has 0 saturated carbocycles. The predicted octanol–water partition coefficient (Wildman–Crippen LogP) is 3.63. The van der Waals surface area contributed by atoms with Gasteiger partial charge in [0.25, 0.3) is 5.91 Å². The van der Waals surface area contributed by atoms with Gasteiger partial charge in [-0.25, -0.2) is 4.68 Å². The summed E-state index contributed by atoms with van der Waals surface area (Å²) >= 11 is 0. The number of aromatic nitrogens is 2. The second-order valence-electron chi connectivity index (χ2n) is 7.26. The molecule has 28 heavy (non-hydrogen) atoms. The average Bonchev–Trinajstić information content (AvgIpc) is 3.20. The molecule has 5 heteroatoms. The van der Waals surface area contributed by atoms with Crippen molar-refractivity contribution >= 4 is 5.91 Å². The molecule has 3 aromatic rings. The highest BCUT2D eigenvalue weighted by Gasteiger charge is 2.26. The van der Waals surface area contributed by atoms with Gasteiger partial charge in [0.2, 0.25) is 0 Å². The quantitative estimate of drug-likeness (QED) is 0.700. The number of carbonyl (C=O) groups excluding carboxylic acids is 1. The summed E-state index contributed by atoms with van der Waals surface area (Å²) in [5.41, 5.74) is 4.51. The first kappa shape index (κ1) is 18.4. The van der Waals surface area contributed by atoms with Crippen molar-refractivity contribution < 1.29 is 4.79 Å². The fourth-order valence-corrected chi connectivity index (χ4v) is 3.61. The lowest BCUT2D eigenvalue weighted by Gasteiger charge is -2.34. The monoisotopic (exact) mass is 374 g/mol. The van der Waals surface area contributed by atoms with Crippen molar-refractivity contribution in [3.8, 4) is 16.9 Å². The van der Waals surface area contributed by atoms with Crippen LogP contribution in [-0.4, -0.2) is 58.2 Å². The maximum Gasteiger partial charge on any atom is 0.257 e. The summed E-state index contributed by atoms with van der Waals surface area (Å²) in [6, 6.07) is 18.1. The molecule has 1 saturated heterocycles. The first-order chi connectivity index (χ1) is 13.7. The number of likely N-dealkylation sites (N-methyl/N-ethyl adjacent to an activating group) is 1. The van der Waals surface area contributed by atoms with Crippen molar-refractivity contribution in [1.29, 1.82) is 0 Å². The Balaban J connectivity index is 1.71. The van der Waals surface area contributed by atoms with E-state index in [1.54, 1.807) is 0 Å². The number of amides is 1. The lowest BCUT2D eigenvalue weighted by atomic mass is 10.1. The molecule has 0 spiro atoms. The number of para-hydroxylation sites is 1. The third-order valence-corrected chi connectivity index (χ3v) is 5.40. The van der Waals surface area contributed by atoms with Crippen LogP contribution in [0.1, 0.15) is 22.8 Å². The number of piperazine rings is 1. The number of aryl methyl sites for hydroxylation is 1. The molecular formula is C23H26N4O. The number of carbonyl (C=O) groups is 1. The predicted molar refractivity (Wildman–Crippen MR) is 112 cm³/mol. The fraction of sp³-hybridized carbons (Fsp3) is 0.304. The third kappa shape index (κ3) is 3.71. The summed E-state index contributed by atoms with van der Waals surface area (Å²) in [5.74, 6) is 0.0634. The van der Waals surface area contributed by atoms with E-state index >= 15 is 0 Å². The summed E-state index contributed by atoms with van der Waals surface area (Å²) < 4.78 is 1.81. The van der Waals surface area contributed by atoms with Gasteiger partial charge in [-0.05, 0) is 25.6 Å². The minimum absolute atomic E-state index is 0.0634. The van der Waals surface area contributed by atoms with E-state index in [2.05, 4.69) is 30.9 Å². The molecule has 1 aromatic heterocycles. The zero-order chi connectivity index (χ0) is 19.5. The van der Waals surface area contributed by atoms with Gasteiger partial charge in [-0.1, -0.05) is 55.0 Å². The van der Waals surface area contributed by atoms with Crippen molar-refractivity contribution in [2.75, 3.05) is 32.7 Å². The molecule has 0 aliphatic carbocycles. The number of hydrogen-bond donors (Lipinski definition) is 0. The van der Waals surface area contributed by atoms with Crippen LogP contribution in [0.5, 0.6) is 0 Å². The van der Waals surface area contributed by atoms with Gasteiger partial charge in [-0.15, -0.1) is 0 Å². The Morgan fingerprint density at radius 2 is 1.64 bits per heavy atom. The standard InChI is InChI=1S/C23H26N4O/c1-3-25-13-15-26(16-14-25)23(28)21-17-27(20-7-5-4-6-8-20)24-22(21)19-11-9-18(2)10-12-19/h4-12,17H,3,13-16H2,1-2H3. The molecule has 5 nitrogen and oxygen atoms in total. The van der Waals surface area contributed by atoms with Gasteiger partial charge in [-0.2, -0.15) is 5.10 Å². The van der Waals surface area contributed by atoms with Crippen LogP contribution in [0.3, 0.4) is 0 Å². The summed E-state index contributed by atoms with van der Waals surface area (Å²) in [4.78, 5) is 17.7. The highest BCUT2D eigenvalue weighted by Crippen LogP contribution is 2.26. The second kappa shape index (κ2) is 7.98. The molecule has 1 aliphatic heterocycles. The summed E-state index contributed by atoms with van der Waals surface area (Å²) in [7, 11) is 0. The van der Waals surface area contributed by atoms with E-state index in [4.69, 9.17) is 5.10 Å². The molecule has 0 N–H and O–H groups in total. The van der Waals surface area contributed by atoms with Crippen molar-refractivity contribution in [3.63, 3.8) is 0 Å². The van der Waals surface area contributed by atoms with Gasteiger partial charge in [-0.3, -0.25) is 4.79 Å². The van der Waals surface area contributed by atoms with Crippen LogP contribution >= 0.6 is 0 Å². The second-order valence-corrected chi connectivity index (χ2v) is 7.26. The first-order valence-corrected chi connectivity index (χ1v) is 9.89. The highest BCUT2D eigenvalue weighted by atomic mass is 16.2. The number of nitrogens with zero attached hydrogens (tertiary/aromatic N) is 4. The Morgan fingerprint density at radius 3 is 2.29 bits per heavy atom. The minimum atomic E-state index is 0.0634. The number of rotatable bonds is 4. The lowest BCUT2D eigenvalue weighted by molar-refractivity contribution is 0.0644. The van der Waals surface area contributed by atoms with Crippen LogP contribution in [0.25, 0.3) is 16.9 Å². The lowest BCUT2D eigenvalue weighted by Crippen LogP contribution is -2.48. The van der Waals surface area contributed by atoms with Crippen molar-refractivity contribution in [3.05, 3.63) is 71.9 Å². The number of hydrogen-bond acceptors (Lipinski definition) is 3. The molecule has 4 rings (SSSR count). The SMILES string of the molecule is CCN1CCN(C(=O)c2cn(-c3ccccc3)nc2-c2ccc(C)cc2)CC1. The van der Waals surface area contributed by atoms with Crippen LogP contribution in [0.2, 0.25) is 0 Å². The van der Waals surface area contributed by atoms with E-state index in [0.29, 0.717) is 5.56 Å². The van der Waals surface area contributed by atoms with Crippen LogP contribution < -0.4 is 0 Å². The largest absolute Gasteiger partial charge is 0.336 e. The molecule has 1 aliphatic rings. The molecule has 1 fully saturated rings. The first-order valence-electron chi connectivity index (χ1n) is 9.89. The van der Waals surface area contributed by atoms with E-state index in [1.165, 1.54) is 5.56 Å². The molecule has 1 amide bonds. The molecular weight excluding hydrogens is 348 g/mol. The van der Waals surface area contributed by atoms with E-state index in [1.807, 2.05) is 58.2 Å². The van der Waals surface area contributed by atoms with Crippen LogP contribution in [-0.2, 0) is 0 Å².